The van der Waals surface area contributed by atoms with Gasteiger partial charge < -0.3 is 5.11 Å². The molecule has 1 aliphatic rings. The molecule has 13 heavy (non-hydrogen) atoms. The molecule has 0 saturated heterocycles. The standard InChI is InChI=1S/C10H16O3/c1-2-7-6-8(10(12)13)4-3-5-9(7)11/h7-8H,2-6H2,1H3,(H,12,13). The van der Waals surface area contributed by atoms with E-state index in [2.05, 4.69) is 0 Å². The van der Waals surface area contributed by atoms with Crippen LogP contribution in [0.2, 0.25) is 0 Å². The van der Waals surface area contributed by atoms with E-state index >= 15 is 0 Å². The molecule has 0 aliphatic heterocycles. The van der Waals surface area contributed by atoms with Crippen molar-refractivity contribution >= 4 is 11.8 Å². The summed E-state index contributed by atoms with van der Waals surface area (Å²) in [6.07, 6.45) is 3.30. The number of carbonyl (C=O) groups excluding carboxylic acids is 1. The van der Waals surface area contributed by atoms with Crippen LogP contribution in [-0.2, 0) is 9.59 Å². The fraction of sp³-hybridized carbons (Fsp3) is 0.800. The molecule has 0 aromatic heterocycles. The molecule has 0 amide bonds. The molecule has 1 fully saturated rings. The third-order valence-electron chi connectivity index (χ3n) is 2.84. The molecule has 1 saturated carbocycles. The largest absolute Gasteiger partial charge is 0.481 e. The van der Waals surface area contributed by atoms with Gasteiger partial charge in [0, 0.05) is 12.3 Å². The molecule has 0 bridgehead atoms. The van der Waals surface area contributed by atoms with Gasteiger partial charge in [-0.1, -0.05) is 6.92 Å². The van der Waals surface area contributed by atoms with Crippen LogP contribution in [0.15, 0.2) is 0 Å². The Bertz CT molecular complexity index is 210. The first-order chi connectivity index (χ1) is 6.15. The quantitative estimate of drug-likeness (QED) is 0.666. The summed E-state index contributed by atoms with van der Waals surface area (Å²) in [6, 6.07) is 0. The molecule has 3 heteroatoms. The minimum Gasteiger partial charge on any atom is -0.481 e. The molecule has 2 unspecified atom stereocenters. The lowest BCUT2D eigenvalue weighted by Gasteiger charge is -2.13. The molecule has 74 valence electrons. The van der Waals surface area contributed by atoms with Crippen LogP contribution in [0.1, 0.15) is 39.0 Å². The Hall–Kier alpha value is -0.860. The van der Waals surface area contributed by atoms with Crippen molar-refractivity contribution in [2.24, 2.45) is 11.8 Å². The number of aliphatic carboxylic acids is 1. The number of hydrogen-bond acceptors (Lipinski definition) is 2. The highest BCUT2D eigenvalue weighted by molar-refractivity contribution is 5.82. The van der Waals surface area contributed by atoms with E-state index < -0.39 is 5.97 Å². The highest BCUT2D eigenvalue weighted by atomic mass is 16.4. The van der Waals surface area contributed by atoms with Gasteiger partial charge in [0.05, 0.1) is 5.92 Å². The predicted octanol–water partition coefficient (Wildman–Crippen LogP) is 1.86. The molecule has 0 radical (unpaired) electrons. The number of hydrogen-bond donors (Lipinski definition) is 1. The number of carboxylic acid groups (broad SMARTS) is 1. The van der Waals surface area contributed by atoms with Crippen molar-refractivity contribution in [2.45, 2.75) is 39.0 Å². The van der Waals surface area contributed by atoms with E-state index in [1.165, 1.54) is 0 Å². The molecule has 1 N–H and O–H groups in total. The molecule has 0 aromatic rings. The Kier molecular flexibility index (Phi) is 3.46. The van der Waals surface area contributed by atoms with Crippen LogP contribution in [0.3, 0.4) is 0 Å². The number of ketones is 1. The first-order valence-electron chi connectivity index (χ1n) is 4.90. The highest BCUT2D eigenvalue weighted by Gasteiger charge is 2.28. The van der Waals surface area contributed by atoms with Crippen LogP contribution < -0.4 is 0 Å². The van der Waals surface area contributed by atoms with E-state index in [0.717, 1.165) is 12.8 Å². The molecule has 0 aromatic carbocycles. The zero-order valence-corrected chi connectivity index (χ0v) is 7.95. The van der Waals surface area contributed by atoms with Crippen molar-refractivity contribution in [3.05, 3.63) is 0 Å². The number of Topliss-reactive ketones (excluding diaryl/α,β-unsaturated/α-hetero) is 1. The van der Waals surface area contributed by atoms with E-state index in [1.807, 2.05) is 6.92 Å². The summed E-state index contributed by atoms with van der Waals surface area (Å²) in [4.78, 5) is 22.2. The van der Waals surface area contributed by atoms with Crippen LogP contribution in [-0.4, -0.2) is 16.9 Å². The zero-order chi connectivity index (χ0) is 9.84. The van der Waals surface area contributed by atoms with Gasteiger partial charge >= 0.3 is 5.97 Å². The summed E-state index contributed by atoms with van der Waals surface area (Å²) in [5, 5.41) is 8.85. The average Bonchev–Trinajstić information content (AvgIpc) is 2.27. The van der Waals surface area contributed by atoms with Gasteiger partial charge in [-0.05, 0) is 25.7 Å². The van der Waals surface area contributed by atoms with Gasteiger partial charge in [0.15, 0.2) is 0 Å². The Balaban J connectivity index is 2.63. The van der Waals surface area contributed by atoms with Crippen molar-refractivity contribution in [3.63, 3.8) is 0 Å². The maximum absolute atomic E-state index is 11.4. The van der Waals surface area contributed by atoms with Crippen LogP contribution in [0, 0.1) is 11.8 Å². The van der Waals surface area contributed by atoms with Crippen LogP contribution in [0.25, 0.3) is 0 Å². The van der Waals surface area contributed by atoms with E-state index in [1.54, 1.807) is 0 Å². The number of carboxylic acids is 1. The molecule has 3 nitrogen and oxygen atoms in total. The summed E-state index contributed by atoms with van der Waals surface area (Å²) in [5.74, 6) is -0.792. The lowest BCUT2D eigenvalue weighted by Crippen LogP contribution is -2.18. The second-order valence-electron chi connectivity index (χ2n) is 3.73. The van der Waals surface area contributed by atoms with Gasteiger partial charge in [0.1, 0.15) is 5.78 Å². The Morgan fingerprint density at radius 1 is 1.62 bits per heavy atom. The maximum Gasteiger partial charge on any atom is 0.306 e. The second kappa shape index (κ2) is 4.40. The first-order valence-corrected chi connectivity index (χ1v) is 4.90. The molecule has 1 aliphatic carbocycles. The first kappa shape index (κ1) is 10.2. The average molecular weight is 184 g/mol. The third-order valence-corrected chi connectivity index (χ3v) is 2.84. The lowest BCUT2D eigenvalue weighted by molar-refractivity contribution is -0.142. The molecule has 2 atom stereocenters. The van der Waals surface area contributed by atoms with Gasteiger partial charge in [-0.3, -0.25) is 9.59 Å². The van der Waals surface area contributed by atoms with Crippen molar-refractivity contribution < 1.29 is 14.7 Å². The Labute approximate surface area is 78.1 Å². The summed E-state index contributed by atoms with van der Waals surface area (Å²) in [7, 11) is 0. The maximum atomic E-state index is 11.4. The van der Waals surface area contributed by atoms with Crippen LogP contribution in [0.4, 0.5) is 0 Å². The molecular formula is C10H16O3. The van der Waals surface area contributed by atoms with E-state index in [4.69, 9.17) is 5.11 Å². The summed E-state index contributed by atoms with van der Waals surface area (Å²) in [5.41, 5.74) is 0. The fourth-order valence-corrected chi connectivity index (χ4v) is 1.94. The highest BCUT2D eigenvalue weighted by Crippen LogP contribution is 2.27. The van der Waals surface area contributed by atoms with E-state index in [9.17, 15) is 9.59 Å². The fourth-order valence-electron chi connectivity index (χ4n) is 1.94. The zero-order valence-electron chi connectivity index (χ0n) is 7.95. The Morgan fingerprint density at radius 2 is 2.31 bits per heavy atom. The van der Waals surface area contributed by atoms with Crippen molar-refractivity contribution in [3.8, 4) is 0 Å². The summed E-state index contributed by atoms with van der Waals surface area (Å²) < 4.78 is 0. The van der Waals surface area contributed by atoms with Gasteiger partial charge in [-0.25, -0.2) is 0 Å². The predicted molar refractivity (Wildman–Crippen MR) is 48.4 cm³/mol. The topological polar surface area (TPSA) is 54.4 Å². The minimum absolute atomic E-state index is 0.0106. The molecule has 0 spiro atoms. The van der Waals surface area contributed by atoms with Gasteiger partial charge in [-0.2, -0.15) is 0 Å². The van der Waals surface area contributed by atoms with Crippen molar-refractivity contribution in [1.29, 1.82) is 0 Å². The smallest absolute Gasteiger partial charge is 0.306 e. The summed E-state index contributed by atoms with van der Waals surface area (Å²) in [6.45, 7) is 1.95. The number of rotatable bonds is 2. The SMILES string of the molecule is CCC1CC(C(=O)O)CCCC1=O. The monoisotopic (exact) mass is 184 g/mol. The van der Waals surface area contributed by atoms with Gasteiger partial charge in [-0.15, -0.1) is 0 Å². The molecular weight excluding hydrogens is 168 g/mol. The van der Waals surface area contributed by atoms with Gasteiger partial charge in [0.2, 0.25) is 0 Å². The van der Waals surface area contributed by atoms with Crippen LogP contribution in [0.5, 0.6) is 0 Å². The Morgan fingerprint density at radius 3 is 2.85 bits per heavy atom. The third kappa shape index (κ3) is 2.54. The van der Waals surface area contributed by atoms with Crippen molar-refractivity contribution in [1.82, 2.24) is 0 Å². The lowest BCUT2D eigenvalue weighted by atomic mass is 9.91. The normalized spacial score (nSPS) is 29.8. The van der Waals surface area contributed by atoms with Crippen molar-refractivity contribution in [2.75, 3.05) is 0 Å². The molecule has 1 rings (SSSR count). The van der Waals surface area contributed by atoms with E-state index in [-0.39, 0.29) is 17.6 Å². The molecule has 0 heterocycles. The van der Waals surface area contributed by atoms with Gasteiger partial charge in [0.25, 0.3) is 0 Å². The second-order valence-corrected chi connectivity index (χ2v) is 3.73. The summed E-state index contributed by atoms with van der Waals surface area (Å²) >= 11 is 0. The van der Waals surface area contributed by atoms with E-state index in [0.29, 0.717) is 19.3 Å². The number of carbonyl (C=O) groups is 2. The minimum atomic E-state index is -0.742. The van der Waals surface area contributed by atoms with Crippen LogP contribution >= 0.6 is 0 Å².